The fourth-order valence-corrected chi connectivity index (χ4v) is 7.52. The molecule has 0 saturated heterocycles. The molecule has 0 radical (unpaired) electrons. The highest BCUT2D eigenvalue weighted by Crippen LogP contribution is 2.32. The van der Waals surface area contributed by atoms with Crippen LogP contribution in [0.15, 0.2) is 146 Å². The van der Waals surface area contributed by atoms with Crippen LogP contribution in [0.5, 0.6) is 0 Å². The van der Waals surface area contributed by atoms with E-state index < -0.39 is 29.4 Å². The Bertz CT molecular complexity index is 2960. The first-order valence-electron chi connectivity index (χ1n) is 22.0. The van der Waals surface area contributed by atoms with Gasteiger partial charge < -0.3 is 25.3 Å². The SMILES string of the molecule is CC(C)(C)OC(=O)N[C@@H](Cc1ccccc1)c1ccc(-c2cc(Cl)ccc2-n2cnnn2)c[n+]1[O-].CC(C)(C)OC(=O)N[C@@H](Cc1ccccc1)c1ccc(-c2cc(Cl)ccc2-n2cnnn2)cn1.OO. The number of nitrogens with zero attached hydrogens (tertiary/aromatic N) is 10. The molecule has 0 fully saturated rings. The Morgan fingerprint density at radius 1 is 0.648 bits per heavy atom. The van der Waals surface area contributed by atoms with E-state index in [0.29, 0.717) is 51.1 Å². The monoisotopic (exact) mass is 1000 g/mol. The maximum atomic E-state index is 13.2. The van der Waals surface area contributed by atoms with Gasteiger partial charge in [-0.15, -0.1) is 10.2 Å². The molecule has 0 aliphatic rings. The normalized spacial score (nSPS) is 12.0. The third kappa shape index (κ3) is 15.3. The van der Waals surface area contributed by atoms with Crippen molar-refractivity contribution in [3.8, 4) is 33.6 Å². The standard InChI is InChI=1S/C25H25ClN6O3.C25H25ClN6O2.H2O2/c1-25(2,3)35-24(33)28-21(13-17-7-5-4-6-8-17)23-11-9-18(15-32(23)34)20-14-19(26)10-12-22(20)31-16-27-29-30-31;1-25(2,3)34-24(33)29-22(13-17-7-5-4-6-8-17)21-11-9-18(15-27-21)20-14-19(26)10-12-23(20)32-16-28-30-31-32;1-2/h4-12,14-16,21H,13H2,1-3H3,(H,28,33);4-12,14-16,22H,13H2,1-3H3,(H,29,33);1-2H/t21-;22-;/m00./s1. The first-order valence-corrected chi connectivity index (χ1v) is 22.8. The zero-order chi connectivity index (χ0) is 51.1. The number of carbonyl (C=O) groups is 2. The molecule has 71 heavy (non-hydrogen) atoms. The van der Waals surface area contributed by atoms with Gasteiger partial charge in [-0.3, -0.25) is 15.5 Å². The number of nitrogens with one attached hydrogen (secondary N) is 2. The van der Waals surface area contributed by atoms with Crippen LogP contribution in [0.4, 0.5) is 9.59 Å². The summed E-state index contributed by atoms with van der Waals surface area (Å²) in [5.74, 6) is 0. The summed E-state index contributed by atoms with van der Waals surface area (Å²) in [6.45, 7) is 10.9. The number of tetrazole rings is 2. The number of halogens is 2. The summed E-state index contributed by atoms with van der Waals surface area (Å²) in [5.41, 5.74) is 6.27. The van der Waals surface area contributed by atoms with Crippen LogP contribution in [-0.2, 0) is 22.3 Å². The predicted octanol–water partition coefficient (Wildman–Crippen LogP) is 9.63. The number of hydrogen-bond donors (Lipinski definition) is 4. The summed E-state index contributed by atoms with van der Waals surface area (Å²) >= 11 is 12.5. The molecule has 4 aromatic heterocycles. The van der Waals surface area contributed by atoms with E-state index in [1.54, 1.807) is 68.0 Å². The van der Waals surface area contributed by atoms with E-state index >= 15 is 0 Å². The fraction of sp³-hybridized carbons (Fsp3) is 0.240. The zero-order valence-electron chi connectivity index (χ0n) is 39.6. The van der Waals surface area contributed by atoms with E-state index in [-0.39, 0.29) is 6.04 Å². The Morgan fingerprint density at radius 2 is 1.11 bits per heavy atom. The van der Waals surface area contributed by atoms with Crippen LogP contribution >= 0.6 is 23.2 Å². The van der Waals surface area contributed by atoms with Gasteiger partial charge in [0.25, 0.3) is 0 Å². The second-order valence-electron chi connectivity index (χ2n) is 17.7. The molecular weight excluding hydrogens is 952 g/mol. The number of alkyl carbamates (subject to hydrolysis) is 2. The van der Waals surface area contributed by atoms with Gasteiger partial charge in [0.1, 0.15) is 29.9 Å². The highest BCUT2D eigenvalue weighted by molar-refractivity contribution is 6.31. The molecule has 0 saturated carbocycles. The van der Waals surface area contributed by atoms with Crippen LogP contribution in [0.1, 0.15) is 76.1 Å². The molecule has 0 unspecified atom stereocenters. The lowest BCUT2D eigenvalue weighted by Gasteiger charge is -2.24. The molecule has 0 aliphatic heterocycles. The van der Waals surface area contributed by atoms with E-state index in [9.17, 15) is 14.8 Å². The average Bonchev–Trinajstić information content (AvgIpc) is 4.08. The Labute approximate surface area is 419 Å². The summed E-state index contributed by atoms with van der Waals surface area (Å²) in [5, 5.41) is 54.9. The molecule has 21 heteroatoms. The maximum absolute atomic E-state index is 13.2. The average molecular weight is 1000 g/mol. The number of amides is 2. The highest BCUT2D eigenvalue weighted by Gasteiger charge is 2.27. The summed E-state index contributed by atoms with van der Waals surface area (Å²) < 4.78 is 14.7. The largest absolute Gasteiger partial charge is 0.618 e. The van der Waals surface area contributed by atoms with Crippen molar-refractivity contribution in [3.63, 3.8) is 0 Å². The van der Waals surface area contributed by atoms with Crippen molar-refractivity contribution in [2.75, 3.05) is 0 Å². The molecule has 2 atom stereocenters. The molecule has 368 valence electrons. The zero-order valence-corrected chi connectivity index (χ0v) is 41.1. The van der Waals surface area contributed by atoms with E-state index in [2.05, 4.69) is 46.7 Å². The van der Waals surface area contributed by atoms with Crippen molar-refractivity contribution in [2.45, 2.75) is 77.7 Å². The van der Waals surface area contributed by atoms with Gasteiger partial charge in [-0.25, -0.2) is 9.59 Å². The van der Waals surface area contributed by atoms with Crippen LogP contribution in [-0.4, -0.2) is 79.3 Å². The van der Waals surface area contributed by atoms with Gasteiger partial charge in [0, 0.05) is 51.0 Å². The number of aromatic nitrogens is 10. The van der Waals surface area contributed by atoms with E-state index in [1.807, 2.05) is 106 Å². The molecular formula is C50H52Cl2N12O7. The number of rotatable bonds is 12. The van der Waals surface area contributed by atoms with Crippen molar-refractivity contribution in [1.82, 2.24) is 56.0 Å². The number of ether oxygens (including phenoxy) is 2. The van der Waals surface area contributed by atoms with Crippen molar-refractivity contribution in [1.29, 1.82) is 0 Å². The first-order chi connectivity index (χ1) is 34.0. The molecule has 0 spiro atoms. The fourth-order valence-electron chi connectivity index (χ4n) is 7.17. The topological polar surface area (TPSA) is 244 Å². The van der Waals surface area contributed by atoms with Crippen LogP contribution in [0.2, 0.25) is 10.0 Å². The second-order valence-corrected chi connectivity index (χ2v) is 18.6. The third-order valence-electron chi connectivity index (χ3n) is 10.1. The van der Waals surface area contributed by atoms with E-state index in [0.717, 1.165) is 32.7 Å². The lowest BCUT2D eigenvalue weighted by molar-refractivity contribution is -0.615. The number of benzene rings is 4. The minimum absolute atomic E-state index is 0.370. The van der Waals surface area contributed by atoms with Gasteiger partial charge in [-0.1, -0.05) is 89.9 Å². The van der Waals surface area contributed by atoms with Gasteiger partial charge in [0.05, 0.1) is 23.1 Å². The minimum Gasteiger partial charge on any atom is -0.618 e. The number of pyridine rings is 2. The van der Waals surface area contributed by atoms with Crippen molar-refractivity contribution in [2.24, 2.45) is 0 Å². The summed E-state index contributed by atoms with van der Waals surface area (Å²) in [6.07, 6.45) is 6.08. The summed E-state index contributed by atoms with van der Waals surface area (Å²) in [6, 6.07) is 36.6. The molecule has 19 nitrogen and oxygen atoms in total. The molecule has 4 N–H and O–H groups in total. The number of carbonyl (C=O) groups excluding carboxylic acids is 2. The predicted molar refractivity (Wildman–Crippen MR) is 266 cm³/mol. The lowest BCUT2D eigenvalue weighted by atomic mass is 10.0. The van der Waals surface area contributed by atoms with Gasteiger partial charge in [0.2, 0.25) is 5.69 Å². The molecule has 2 amide bonds. The molecule has 0 bridgehead atoms. The Kier molecular flexibility index (Phi) is 17.9. The summed E-state index contributed by atoms with van der Waals surface area (Å²) in [7, 11) is 0. The minimum atomic E-state index is -0.669. The quantitative estimate of drug-likeness (QED) is 0.0385. The van der Waals surface area contributed by atoms with Gasteiger partial charge in [0.15, 0.2) is 6.20 Å². The van der Waals surface area contributed by atoms with Crippen molar-refractivity contribution in [3.05, 3.63) is 184 Å². The molecule has 4 heterocycles. The smallest absolute Gasteiger partial charge is 0.408 e. The van der Waals surface area contributed by atoms with Crippen LogP contribution in [0.3, 0.4) is 0 Å². The molecule has 8 rings (SSSR count). The molecule has 0 aliphatic carbocycles. The maximum Gasteiger partial charge on any atom is 0.408 e. The van der Waals surface area contributed by atoms with Crippen LogP contribution in [0, 0.1) is 5.21 Å². The van der Waals surface area contributed by atoms with Crippen LogP contribution in [0.25, 0.3) is 33.6 Å². The van der Waals surface area contributed by atoms with Crippen LogP contribution < -0.4 is 15.4 Å². The Hall–Kier alpha value is -7.84. The highest BCUT2D eigenvalue weighted by atomic mass is 35.5. The van der Waals surface area contributed by atoms with E-state index in [4.69, 9.17) is 43.2 Å². The van der Waals surface area contributed by atoms with Crippen molar-refractivity contribution >= 4 is 35.4 Å². The van der Waals surface area contributed by atoms with Gasteiger partial charge >= 0.3 is 12.2 Å². The lowest BCUT2D eigenvalue weighted by Crippen LogP contribution is -2.42. The first kappa shape index (κ1) is 52.5. The van der Waals surface area contributed by atoms with E-state index in [1.165, 1.54) is 23.5 Å². The Morgan fingerprint density at radius 3 is 1.55 bits per heavy atom. The molecule has 4 aromatic carbocycles. The van der Waals surface area contributed by atoms with Gasteiger partial charge in [-0.2, -0.15) is 14.1 Å². The third-order valence-corrected chi connectivity index (χ3v) is 10.6. The number of hydrogen-bond acceptors (Lipinski definition) is 14. The second kappa shape index (κ2) is 24.1. The Balaban J connectivity index is 0.000000225. The van der Waals surface area contributed by atoms with Gasteiger partial charge in [-0.05, 0) is 128 Å². The molecule has 8 aromatic rings. The summed E-state index contributed by atoms with van der Waals surface area (Å²) in [4.78, 5) is 29.8. The van der Waals surface area contributed by atoms with Crippen molar-refractivity contribution < 1.29 is 34.3 Å².